The van der Waals surface area contributed by atoms with Gasteiger partial charge < -0.3 is 14.4 Å². The molecule has 0 N–H and O–H groups in total. The molecule has 0 unspecified atom stereocenters. The first-order valence-corrected chi connectivity index (χ1v) is 8.48. The minimum Gasteiger partial charge on any atom is -0.367 e. The summed E-state index contributed by atoms with van der Waals surface area (Å²) in [5.41, 5.74) is 2.54. The molecule has 2 aromatic carbocycles. The molecule has 1 aliphatic heterocycles. The number of fused-ring (bicyclic) bond motifs is 1. The summed E-state index contributed by atoms with van der Waals surface area (Å²) in [5.74, 6) is -0.185. The van der Waals surface area contributed by atoms with Crippen molar-refractivity contribution >= 4 is 22.3 Å². The smallest absolute Gasteiger partial charge is 0.252 e. The van der Waals surface area contributed by atoms with Gasteiger partial charge in [0, 0.05) is 44.7 Å². The van der Waals surface area contributed by atoms with Crippen molar-refractivity contribution in [3.63, 3.8) is 0 Å². The SMILES string of the molecule is Cn1c(=O)cc(N2CCN(c3ccccc3F)CC2)c2ccccc21. The Bertz CT molecular complexity index is 974. The molecule has 3 aromatic rings. The predicted octanol–water partition coefficient (Wildman–Crippen LogP) is 3.00. The van der Waals surface area contributed by atoms with E-state index in [1.807, 2.05) is 36.4 Å². The Balaban J connectivity index is 1.64. The highest BCUT2D eigenvalue weighted by Gasteiger charge is 2.21. The first-order chi connectivity index (χ1) is 12.1. The summed E-state index contributed by atoms with van der Waals surface area (Å²) in [6.45, 7) is 2.96. The normalized spacial score (nSPS) is 15.0. The van der Waals surface area contributed by atoms with Crippen LogP contribution in [0.1, 0.15) is 0 Å². The predicted molar refractivity (Wildman–Crippen MR) is 100 cm³/mol. The van der Waals surface area contributed by atoms with E-state index < -0.39 is 0 Å². The number of rotatable bonds is 2. The number of hydrogen-bond acceptors (Lipinski definition) is 3. The van der Waals surface area contributed by atoms with Gasteiger partial charge in [0.05, 0.1) is 16.9 Å². The fraction of sp³-hybridized carbons (Fsp3) is 0.250. The molecule has 0 bridgehead atoms. The van der Waals surface area contributed by atoms with Crippen molar-refractivity contribution in [1.29, 1.82) is 0 Å². The van der Waals surface area contributed by atoms with E-state index in [0.29, 0.717) is 5.69 Å². The fourth-order valence-corrected chi connectivity index (χ4v) is 3.55. The lowest BCUT2D eigenvalue weighted by Crippen LogP contribution is -2.47. The maximum Gasteiger partial charge on any atom is 0.252 e. The summed E-state index contributed by atoms with van der Waals surface area (Å²) >= 11 is 0. The number of para-hydroxylation sites is 2. The highest BCUT2D eigenvalue weighted by atomic mass is 19.1. The maximum atomic E-state index is 14.0. The molecule has 4 nitrogen and oxygen atoms in total. The second-order valence-corrected chi connectivity index (χ2v) is 6.37. The van der Waals surface area contributed by atoms with E-state index in [2.05, 4.69) is 9.80 Å². The second-order valence-electron chi connectivity index (χ2n) is 6.37. The molecule has 4 rings (SSSR count). The van der Waals surface area contributed by atoms with E-state index >= 15 is 0 Å². The minimum absolute atomic E-state index is 0.00904. The van der Waals surface area contributed by atoms with Gasteiger partial charge in [0.15, 0.2) is 0 Å². The summed E-state index contributed by atoms with van der Waals surface area (Å²) in [6.07, 6.45) is 0. The number of aromatic nitrogens is 1. The molecule has 1 aliphatic rings. The van der Waals surface area contributed by atoms with E-state index in [1.165, 1.54) is 6.07 Å². The standard InChI is InChI=1S/C20H20FN3O/c1-22-17-8-4-2-6-15(17)19(14-20(22)25)24-12-10-23(11-13-24)18-9-5-3-7-16(18)21/h2-9,14H,10-13H2,1H3. The maximum absolute atomic E-state index is 14.0. The minimum atomic E-state index is -0.185. The van der Waals surface area contributed by atoms with Crippen LogP contribution >= 0.6 is 0 Å². The van der Waals surface area contributed by atoms with Crippen LogP contribution in [0.3, 0.4) is 0 Å². The molecule has 0 atom stereocenters. The van der Waals surface area contributed by atoms with Gasteiger partial charge in [-0.3, -0.25) is 4.79 Å². The molecule has 1 fully saturated rings. The van der Waals surface area contributed by atoms with E-state index in [1.54, 1.807) is 23.7 Å². The third-order valence-electron chi connectivity index (χ3n) is 4.95. The zero-order chi connectivity index (χ0) is 17.4. The van der Waals surface area contributed by atoms with Crippen LogP contribution in [0, 0.1) is 5.82 Å². The number of piperazine rings is 1. The van der Waals surface area contributed by atoms with Crippen molar-refractivity contribution in [2.45, 2.75) is 0 Å². The quantitative estimate of drug-likeness (QED) is 0.720. The van der Waals surface area contributed by atoms with Crippen molar-refractivity contribution < 1.29 is 4.39 Å². The number of anilines is 2. The molecule has 0 radical (unpaired) electrons. The molecule has 2 heterocycles. The lowest BCUT2D eigenvalue weighted by atomic mass is 10.1. The highest BCUT2D eigenvalue weighted by Crippen LogP contribution is 2.27. The Morgan fingerprint density at radius 3 is 2.16 bits per heavy atom. The van der Waals surface area contributed by atoms with Crippen LogP contribution in [-0.4, -0.2) is 30.7 Å². The Labute approximate surface area is 145 Å². The molecule has 25 heavy (non-hydrogen) atoms. The van der Waals surface area contributed by atoms with E-state index in [-0.39, 0.29) is 11.4 Å². The molecule has 0 spiro atoms. The monoisotopic (exact) mass is 337 g/mol. The number of hydrogen-bond donors (Lipinski definition) is 0. The lowest BCUT2D eigenvalue weighted by molar-refractivity contribution is 0.598. The first-order valence-electron chi connectivity index (χ1n) is 8.48. The Morgan fingerprint density at radius 2 is 1.44 bits per heavy atom. The molecule has 0 aliphatic carbocycles. The van der Waals surface area contributed by atoms with Gasteiger partial charge in [0.25, 0.3) is 5.56 Å². The first kappa shape index (κ1) is 15.7. The van der Waals surface area contributed by atoms with Crippen LogP contribution in [0.15, 0.2) is 59.4 Å². The largest absolute Gasteiger partial charge is 0.367 e. The lowest BCUT2D eigenvalue weighted by Gasteiger charge is -2.38. The number of halogens is 1. The average molecular weight is 337 g/mol. The van der Waals surface area contributed by atoms with Crippen molar-refractivity contribution in [2.24, 2.45) is 7.05 Å². The number of nitrogens with zero attached hydrogens (tertiary/aromatic N) is 3. The Kier molecular flexibility index (Phi) is 3.92. The highest BCUT2D eigenvalue weighted by molar-refractivity contribution is 5.92. The summed E-state index contributed by atoms with van der Waals surface area (Å²) in [6, 6.07) is 16.5. The van der Waals surface area contributed by atoms with Crippen LogP contribution in [0.25, 0.3) is 10.9 Å². The van der Waals surface area contributed by atoms with E-state index in [9.17, 15) is 9.18 Å². The molecule has 1 saturated heterocycles. The Hall–Kier alpha value is -2.82. The van der Waals surface area contributed by atoms with Gasteiger partial charge in [-0.2, -0.15) is 0 Å². The molecular weight excluding hydrogens is 317 g/mol. The molecular formula is C20H20FN3O. The Morgan fingerprint density at radius 1 is 0.840 bits per heavy atom. The van der Waals surface area contributed by atoms with Crippen molar-refractivity contribution in [3.05, 3.63) is 70.8 Å². The average Bonchev–Trinajstić information content (AvgIpc) is 2.65. The summed E-state index contributed by atoms with van der Waals surface area (Å²) in [4.78, 5) is 16.6. The number of aryl methyl sites for hydroxylation is 1. The molecule has 128 valence electrons. The van der Waals surface area contributed by atoms with Gasteiger partial charge in [-0.1, -0.05) is 30.3 Å². The van der Waals surface area contributed by atoms with Crippen LogP contribution in [0.4, 0.5) is 15.8 Å². The molecule has 0 amide bonds. The third-order valence-corrected chi connectivity index (χ3v) is 4.95. The van der Waals surface area contributed by atoms with Gasteiger partial charge in [-0.15, -0.1) is 0 Å². The van der Waals surface area contributed by atoms with Crippen molar-refractivity contribution in [1.82, 2.24) is 4.57 Å². The van der Waals surface area contributed by atoms with E-state index in [4.69, 9.17) is 0 Å². The van der Waals surface area contributed by atoms with E-state index in [0.717, 1.165) is 42.8 Å². The third kappa shape index (κ3) is 2.76. The molecule has 0 saturated carbocycles. The van der Waals surface area contributed by atoms with Gasteiger partial charge in [-0.05, 0) is 18.2 Å². The van der Waals surface area contributed by atoms with Gasteiger partial charge >= 0.3 is 0 Å². The second kappa shape index (κ2) is 6.24. The number of benzene rings is 2. The molecule has 5 heteroatoms. The van der Waals surface area contributed by atoms with Gasteiger partial charge in [-0.25, -0.2) is 4.39 Å². The summed E-state index contributed by atoms with van der Waals surface area (Å²) in [7, 11) is 1.80. The van der Waals surface area contributed by atoms with Gasteiger partial charge in [0.1, 0.15) is 5.82 Å². The zero-order valence-electron chi connectivity index (χ0n) is 14.2. The van der Waals surface area contributed by atoms with Crippen molar-refractivity contribution in [3.8, 4) is 0 Å². The summed E-state index contributed by atoms with van der Waals surface area (Å²) in [5, 5.41) is 1.07. The van der Waals surface area contributed by atoms with Crippen LogP contribution in [-0.2, 0) is 7.05 Å². The van der Waals surface area contributed by atoms with Crippen LogP contribution in [0.2, 0.25) is 0 Å². The van der Waals surface area contributed by atoms with Crippen LogP contribution < -0.4 is 15.4 Å². The van der Waals surface area contributed by atoms with Crippen molar-refractivity contribution in [2.75, 3.05) is 36.0 Å². The van der Waals surface area contributed by atoms with Crippen LogP contribution in [0.5, 0.6) is 0 Å². The number of pyridine rings is 1. The topological polar surface area (TPSA) is 28.5 Å². The molecule has 1 aromatic heterocycles. The summed E-state index contributed by atoms with van der Waals surface area (Å²) < 4.78 is 15.7. The fourth-order valence-electron chi connectivity index (χ4n) is 3.55. The van der Waals surface area contributed by atoms with Gasteiger partial charge in [0.2, 0.25) is 0 Å². The zero-order valence-corrected chi connectivity index (χ0v) is 14.2.